The average molecular weight is 275 g/mol. The Kier molecular flexibility index (Phi) is 6.38. The van der Waals surface area contributed by atoms with Crippen molar-refractivity contribution in [1.29, 1.82) is 0 Å². The van der Waals surface area contributed by atoms with Gasteiger partial charge in [-0.2, -0.15) is 0 Å². The molecule has 2 nitrogen and oxygen atoms in total. The molecule has 0 saturated heterocycles. The van der Waals surface area contributed by atoms with Crippen molar-refractivity contribution in [1.82, 2.24) is 0 Å². The smallest absolute Gasteiger partial charge is 0.156 e. The van der Waals surface area contributed by atoms with E-state index >= 15 is 0 Å². The summed E-state index contributed by atoms with van der Waals surface area (Å²) in [6.45, 7) is 2.76. The number of ether oxygens (including phenoxy) is 1. The Labute approximate surface area is 112 Å². The van der Waals surface area contributed by atoms with Crippen molar-refractivity contribution in [2.75, 3.05) is 6.61 Å². The molecule has 0 aliphatic rings. The van der Waals surface area contributed by atoms with Gasteiger partial charge in [-0.05, 0) is 18.6 Å². The minimum atomic E-state index is 0.384. The lowest BCUT2D eigenvalue weighted by Crippen LogP contribution is -1.99. The molecule has 0 saturated carbocycles. The fourth-order valence-corrected chi connectivity index (χ4v) is 2.10. The molecule has 94 valence electrons. The van der Waals surface area contributed by atoms with Crippen molar-refractivity contribution in [2.24, 2.45) is 0 Å². The summed E-state index contributed by atoms with van der Waals surface area (Å²) < 4.78 is 5.53. The van der Waals surface area contributed by atoms with E-state index in [0.717, 1.165) is 12.8 Å². The van der Waals surface area contributed by atoms with Gasteiger partial charge in [0.15, 0.2) is 5.75 Å². The largest absolute Gasteiger partial charge is 0.490 e. The number of halogens is 2. The molecule has 0 heterocycles. The van der Waals surface area contributed by atoms with Crippen LogP contribution in [0.4, 0.5) is 0 Å². The lowest BCUT2D eigenvalue weighted by Gasteiger charge is -2.10. The van der Waals surface area contributed by atoms with Gasteiger partial charge in [-0.3, -0.25) is 4.79 Å². The molecule has 0 bridgehead atoms. The maximum absolute atomic E-state index is 10.6. The van der Waals surface area contributed by atoms with Crippen molar-refractivity contribution in [3.8, 4) is 5.75 Å². The molecule has 0 aromatic heterocycles. The van der Waals surface area contributed by atoms with Gasteiger partial charge >= 0.3 is 0 Å². The molecule has 0 fully saturated rings. The maximum atomic E-state index is 10.6. The maximum Gasteiger partial charge on any atom is 0.156 e. The number of carbonyl (C=O) groups excluding carboxylic acids is 1. The number of aldehydes is 1. The molecule has 0 N–H and O–H groups in total. The Hall–Kier alpha value is -0.730. The Bertz CT molecular complexity index is 355. The third kappa shape index (κ3) is 4.57. The zero-order valence-electron chi connectivity index (χ0n) is 9.84. The number of hydrogen-bond acceptors (Lipinski definition) is 2. The first-order valence-corrected chi connectivity index (χ1v) is 6.51. The van der Waals surface area contributed by atoms with Crippen LogP contribution in [0.15, 0.2) is 12.1 Å². The monoisotopic (exact) mass is 274 g/mol. The Morgan fingerprint density at radius 3 is 2.35 bits per heavy atom. The second-order valence-corrected chi connectivity index (χ2v) is 4.66. The number of unbranched alkanes of at least 4 members (excludes halogenated alkanes) is 3. The van der Waals surface area contributed by atoms with Crippen LogP contribution in [-0.4, -0.2) is 12.9 Å². The zero-order chi connectivity index (χ0) is 12.7. The number of benzene rings is 1. The highest BCUT2D eigenvalue weighted by Gasteiger charge is 2.09. The first kappa shape index (κ1) is 14.3. The molecule has 17 heavy (non-hydrogen) atoms. The van der Waals surface area contributed by atoms with Crippen LogP contribution in [0, 0.1) is 0 Å². The third-order valence-corrected chi connectivity index (χ3v) is 2.96. The highest BCUT2D eigenvalue weighted by atomic mass is 35.5. The van der Waals surface area contributed by atoms with Crippen LogP contribution in [0.1, 0.15) is 43.0 Å². The van der Waals surface area contributed by atoms with Gasteiger partial charge in [0.05, 0.1) is 16.7 Å². The van der Waals surface area contributed by atoms with Crippen molar-refractivity contribution in [3.05, 3.63) is 27.7 Å². The van der Waals surface area contributed by atoms with Gasteiger partial charge < -0.3 is 4.74 Å². The molecule has 1 aromatic rings. The fourth-order valence-electron chi connectivity index (χ4n) is 1.49. The molecule has 0 radical (unpaired) electrons. The van der Waals surface area contributed by atoms with Crippen LogP contribution in [0.5, 0.6) is 5.75 Å². The minimum absolute atomic E-state index is 0.384. The standard InChI is InChI=1S/C13H16Cl2O2/c1-2-3-4-5-6-17-13-11(14)7-10(9-16)8-12(13)15/h7-9H,2-6H2,1H3. The normalized spacial score (nSPS) is 10.3. The Morgan fingerprint density at radius 1 is 1.18 bits per heavy atom. The van der Waals surface area contributed by atoms with Gasteiger partial charge in [-0.25, -0.2) is 0 Å². The molecule has 4 heteroatoms. The van der Waals surface area contributed by atoms with Crippen molar-refractivity contribution < 1.29 is 9.53 Å². The number of carbonyl (C=O) groups is 1. The lowest BCUT2D eigenvalue weighted by molar-refractivity contribution is 0.112. The van der Waals surface area contributed by atoms with Crippen LogP contribution in [0.3, 0.4) is 0 Å². The second kappa shape index (κ2) is 7.57. The van der Waals surface area contributed by atoms with E-state index < -0.39 is 0 Å². The van der Waals surface area contributed by atoms with Crippen LogP contribution in [0.25, 0.3) is 0 Å². The van der Waals surface area contributed by atoms with E-state index in [9.17, 15) is 4.79 Å². The molecule has 0 atom stereocenters. The summed E-state index contributed by atoms with van der Waals surface area (Å²) in [7, 11) is 0. The quantitative estimate of drug-likeness (QED) is 0.529. The van der Waals surface area contributed by atoms with Gasteiger partial charge in [0.25, 0.3) is 0 Å². The third-order valence-electron chi connectivity index (χ3n) is 2.40. The summed E-state index contributed by atoms with van der Waals surface area (Å²) in [6.07, 6.45) is 5.22. The summed E-state index contributed by atoms with van der Waals surface area (Å²) in [5, 5.41) is 0.769. The Balaban J connectivity index is 2.56. The van der Waals surface area contributed by atoms with Crippen LogP contribution in [-0.2, 0) is 0 Å². The summed E-state index contributed by atoms with van der Waals surface area (Å²) in [5.41, 5.74) is 0.457. The molecular weight excluding hydrogens is 259 g/mol. The molecule has 1 aromatic carbocycles. The predicted molar refractivity (Wildman–Crippen MR) is 71.5 cm³/mol. The van der Waals surface area contributed by atoms with E-state index in [1.807, 2.05) is 0 Å². The van der Waals surface area contributed by atoms with Crippen molar-refractivity contribution in [2.45, 2.75) is 32.6 Å². The first-order valence-electron chi connectivity index (χ1n) is 5.76. The summed E-state index contributed by atoms with van der Waals surface area (Å²) in [5.74, 6) is 0.468. The van der Waals surface area contributed by atoms with E-state index in [2.05, 4.69) is 6.92 Å². The number of rotatable bonds is 7. The summed E-state index contributed by atoms with van der Waals surface area (Å²) in [4.78, 5) is 10.6. The molecule has 0 unspecified atom stereocenters. The van der Waals surface area contributed by atoms with Crippen LogP contribution in [0.2, 0.25) is 10.0 Å². The molecule has 0 spiro atoms. The average Bonchev–Trinajstić information content (AvgIpc) is 2.31. The van der Waals surface area contributed by atoms with E-state index in [-0.39, 0.29) is 0 Å². The summed E-state index contributed by atoms with van der Waals surface area (Å²) >= 11 is 12.0. The van der Waals surface area contributed by atoms with Gasteiger partial charge in [0.1, 0.15) is 6.29 Å². The van der Waals surface area contributed by atoms with Gasteiger partial charge in [0, 0.05) is 5.56 Å². The molecule has 0 aliphatic heterocycles. The van der Waals surface area contributed by atoms with Gasteiger partial charge in [-0.15, -0.1) is 0 Å². The van der Waals surface area contributed by atoms with E-state index in [4.69, 9.17) is 27.9 Å². The zero-order valence-corrected chi connectivity index (χ0v) is 11.4. The van der Waals surface area contributed by atoms with Gasteiger partial charge in [0.2, 0.25) is 0 Å². The molecule has 0 amide bonds. The fraction of sp³-hybridized carbons (Fsp3) is 0.462. The second-order valence-electron chi connectivity index (χ2n) is 3.84. The minimum Gasteiger partial charge on any atom is -0.490 e. The topological polar surface area (TPSA) is 26.3 Å². The van der Waals surface area contributed by atoms with Crippen molar-refractivity contribution in [3.63, 3.8) is 0 Å². The van der Waals surface area contributed by atoms with E-state index in [1.54, 1.807) is 12.1 Å². The highest BCUT2D eigenvalue weighted by molar-refractivity contribution is 6.37. The van der Waals surface area contributed by atoms with Crippen molar-refractivity contribution >= 4 is 29.5 Å². The molecule has 1 rings (SSSR count). The molecule has 0 aliphatic carbocycles. The van der Waals surface area contributed by atoms with Crippen LogP contribution < -0.4 is 4.74 Å². The Morgan fingerprint density at radius 2 is 1.82 bits per heavy atom. The predicted octanol–water partition coefficient (Wildman–Crippen LogP) is 4.77. The van der Waals surface area contributed by atoms with E-state index in [0.29, 0.717) is 34.3 Å². The van der Waals surface area contributed by atoms with E-state index in [1.165, 1.54) is 12.8 Å². The van der Waals surface area contributed by atoms with Gasteiger partial charge in [-0.1, -0.05) is 49.4 Å². The number of hydrogen-bond donors (Lipinski definition) is 0. The lowest BCUT2D eigenvalue weighted by atomic mass is 10.2. The SMILES string of the molecule is CCCCCCOc1c(Cl)cc(C=O)cc1Cl. The molecular formula is C13H16Cl2O2. The van der Waals surface area contributed by atoms with Crippen LogP contribution >= 0.6 is 23.2 Å². The summed E-state index contributed by atoms with van der Waals surface area (Å²) in [6, 6.07) is 3.11. The highest BCUT2D eigenvalue weighted by Crippen LogP contribution is 2.33. The first-order chi connectivity index (χ1) is 8.19.